The molecule has 1 aliphatic carbocycles. The van der Waals surface area contributed by atoms with Crippen LogP contribution in [0.2, 0.25) is 0 Å². The number of nitrogens with zero attached hydrogens (tertiary/aromatic N) is 2. The number of allylic oxidation sites excluding steroid dienone is 1. The largest absolute Gasteiger partial charge is 0.496 e. The van der Waals surface area contributed by atoms with E-state index in [1.54, 1.807) is 45.6 Å². The summed E-state index contributed by atoms with van der Waals surface area (Å²) in [5.74, 6) is 1.75. The molecule has 0 radical (unpaired) electrons. The molecule has 3 aromatic rings. The van der Waals surface area contributed by atoms with Crippen LogP contribution >= 0.6 is 0 Å². The molecule has 0 bridgehead atoms. The van der Waals surface area contributed by atoms with Gasteiger partial charge in [0.25, 0.3) is 0 Å². The third-order valence-electron chi connectivity index (χ3n) is 6.22. The number of benzene rings is 2. The van der Waals surface area contributed by atoms with E-state index in [9.17, 15) is 9.18 Å². The number of methoxy groups -OCH3 is 3. The van der Waals surface area contributed by atoms with Crippen molar-refractivity contribution >= 4 is 17.4 Å². The highest BCUT2D eigenvalue weighted by Crippen LogP contribution is 2.47. The Hall–Kier alpha value is -4.08. The van der Waals surface area contributed by atoms with Crippen molar-refractivity contribution in [2.45, 2.75) is 24.8 Å². The Balaban J connectivity index is 1.64. The molecule has 2 atom stereocenters. The molecule has 2 aliphatic rings. The molecule has 2 N–H and O–H groups in total. The Bertz CT molecular complexity index is 1270. The first kappa shape index (κ1) is 21.7. The van der Waals surface area contributed by atoms with Crippen molar-refractivity contribution in [1.29, 1.82) is 0 Å². The van der Waals surface area contributed by atoms with E-state index in [2.05, 4.69) is 20.9 Å². The first-order valence-corrected chi connectivity index (χ1v) is 10.7. The minimum absolute atomic E-state index is 0.0560. The normalized spacial score (nSPS) is 19.4. The van der Waals surface area contributed by atoms with Gasteiger partial charge in [0.05, 0.1) is 27.4 Å². The molecule has 34 heavy (non-hydrogen) atoms. The average molecular weight is 466 g/mol. The molecule has 0 unspecified atom stereocenters. The fraction of sp³-hybridized carbons (Fsp3) is 0.292. The highest BCUT2D eigenvalue weighted by molar-refractivity contribution is 6.01. The SMILES string of the molecule is COc1cc(OC)c([C@H]2Nc3nonc3NC3=C2C(=O)C[C@H](c2ccc(F)cc2)C3)cc1OC. The maximum absolute atomic E-state index is 13.6. The van der Waals surface area contributed by atoms with E-state index in [1.165, 1.54) is 12.1 Å². The molecule has 1 aliphatic heterocycles. The number of halogens is 1. The number of ether oxygens (including phenoxy) is 3. The molecule has 2 heterocycles. The second kappa shape index (κ2) is 8.69. The Kier molecular flexibility index (Phi) is 5.56. The summed E-state index contributed by atoms with van der Waals surface area (Å²) in [5.41, 5.74) is 2.79. The lowest BCUT2D eigenvalue weighted by Gasteiger charge is -2.30. The van der Waals surface area contributed by atoms with Gasteiger partial charge in [-0.3, -0.25) is 4.79 Å². The van der Waals surface area contributed by atoms with Gasteiger partial charge in [-0.2, -0.15) is 0 Å². The highest BCUT2D eigenvalue weighted by atomic mass is 19.1. The second-order valence-electron chi connectivity index (χ2n) is 8.09. The van der Waals surface area contributed by atoms with E-state index >= 15 is 0 Å². The van der Waals surface area contributed by atoms with Crippen LogP contribution < -0.4 is 24.8 Å². The number of carbonyl (C=O) groups excluding carboxylic acids is 1. The van der Waals surface area contributed by atoms with Crippen LogP contribution in [-0.4, -0.2) is 37.4 Å². The van der Waals surface area contributed by atoms with Gasteiger partial charge in [-0.15, -0.1) is 0 Å². The van der Waals surface area contributed by atoms with E-state index in [-0.39, 0.29) is 23.9 Å². The highest BCUT2D eigenvalue weighted by Gasteiger charge is 2.38. The standard InChI is InChI=1S/C24H23FN4O5/c1-31-18-11-20(33-3)19(32-2)10-15(18)22-21-16(26-23-24(27-22)29-34-28-23)8-13(9-17(21)30)12-4-6-14(25)7-5-12/h4-7,10-11,13,22H,8-9H2,1-3H3,(H,26,28)(H,27,29)/t13-,22-/m1/s1. The summed E-state index contributed by atoms with van der Waals surface area (Å²) in [6.45, 7) is 0. The van der Waals surface area contributed by atoms with Gasteiger partial charge in [-0.05, 0) is 46.4 Å². The van der Waals surface area contributed by atoms with Gasteiger partial charge in [0.2, 0.25) is 11.6 Å². The van der Waals surface area contributed by atoms with E-state index in [4.69, 9.17) is 18.8 Å². The zero-order valence-corrected chi connectivity index (χ0v) is 18.8. The number of aromatic nitrogens is 2. The Labute approximate surface area is 194 Å². The summed E-state index contributed by atoms with van der Waals surface area (Å²) in [6.07, 6.45) is 0.794. The molecule has 0 saturated carbocycles. The van der Waals surface area contributed by atoms with E-state index < -0.39 is 6.04 Å². The van der Waals surface area contributed by atoms with Crippen LogP contribution in [0, 0.1) is 5.82 Å². The number of nitrogens with one attached hydrogen (secondary N) is 2. The van der Waals surface area contributed by atoms with Crippen LogP contribution in [0.5, 0.6) is 17.2 Å². The van der Waals surface area contributed by atoms with Gasteiger partial charge in [0.1, 0.15) is 11.6 Å². The molecule has 0 spiro atoms. The Morgan fingerprint density at radius 1 is 0.941 bits per heavy atom. The fourth-order valence-corrected chi connectivity index (χ4v) is 4.58. The summed E-state index contributed by atoms with van der Waals surface area (Å²) in [5, 5.41) is 14.4. The first-order chi connectivity index (χ1) is 16.5. The van der Waals surface area contributed by atoms with Gasteiger partial charge in [-0.25, -0.2) is 9.02 Å². The zero-order valence-electron chi connectivity index (χ0n) is 18.8. The van der Waals surface area contributed by atoms with Crippen LogP contribution in [0.15, 0.2) is 52.3 Å². The zero-order chi connectivity index (χ0) is 23.8. The van der Waals surface area contributed by atoms with Gasteiger partial charge < -0.3 is 24.8 Å². The lowest BCUT2D eigenvalue weighted by atomic mass is 9.78. The first-order valence-electron chi connectivity index (χ1n) is 10.7. The lowest BCUT2D eigenvalue weighted by Crippen LogP contribution is -2.27. The molecular formula is C24H23FN4O5. The van der Waals surface area contributed by atoms with Crippen molar-refractivity contribution in [2.75, 3.05) is 32.0 Å². The van der Waals surface area contributed by atoms with Crippen molar-refractivity contribution in [3.63, 3.8) is 0 Å². The number of hydrogen-bond acceptors (Lipinski definition) is 9. The van der Waals surface area contributed by atoms with Crippen LogP contribution in [-0.2, 0) is 4.79 Å². The molecule has 176 valence electrons. The van der Waals surface area contributed by atoms with Gasteiger partial charge >= 0.3 is 0 Å². The summed E-state index contributed by atoms with van der Waals surface area (Å²) in [6, 6.07) is 9.11. The molecule has 0 fully saturated rings. The topological polar surface area (TPSA) is 108 Å². The van der Waals surface area contributed by atoms with E-state index in [0.29, 0.717) is 52.1 Å². The summed E-state index contributed by atoms with van der Waals surface area (Å²) in [4.78, 5) is 13.6. The number of rotatable bonds is 5. The molecular weight excluding hydrogens is 443 g/mol. The monoisotopic (exact) mass is 466 g/mol. The second-order valence-corrected chi connectivity index (χ2v) is 8.09. The molecule has 0 saturated heterocycles. The van der Waals surface area contributed by atoms with Crippen molar-refractivity contribution in [2.24, 2.45) is 0 Å². The molecule has 9 nitrogen and oxygen atoms in total. The molecule has 5 rings (SSSR count). The van der Waals surface area contributed by atoms with Crippen molar-refractivity contribution < 1.29 is 28.0 Å². The number of ketones is 1. The average Bonchev–Trinajstić information content (AvgIpc) is 3.22. The van der Waals surface area contributed by atoms with Crippen LogP contribution in [0.1, 0.15) is 35.9 Å². The minimum atomic E-state index is -0.618. The van der Waals surface area contributed by atoms with Gasteiger partial charge in [0, 0.05) is 29.3 Å². The van der Waals surface area contributed by atoms with E-state index in [0.717, 1.165) is 5.56 Å². The number of hydrogen-bond donors (Lipinski definition) is 2. The molecule has 2 aromatic carbocycles. The van der Waals surface area contributed by atoms with Gasteiger partial charge in [0.15, 0.2) is 17.3 Å². The minimum Gasteiger partial charge on any atom is -0.496 e. The number of carbonyl (C=O) groups is 1. The summed E-state index contributed by atoms with van der Waals surface area (Å²) in [7, 11) is 4.63. The van der Waals surface area contributed by atoms with Crippen LogP contribution in [0.3, 0.4) is 0 Å². The van der Waals surface area contributed by atoms with Gasteiger partial charge in [-0.1, -0.05) is 12.1 Å². The van der Waals surface area contributed by atoms with E-state index in [1.807, 2.05) is 0 Å². The quantitative estimate of drug-likeness (QED) is 0.572. The number of fused-ring (bicyclic) bond motifs is 1. The third-order valence-corrected chi connectivity index (χ3v) is 6.22. The molecule has 1 aromatic heterocycles. The predicted molar refractivity (Wildman–Crippen MR) is 121 cm³/mol. The Morgan fingerprint density at radius 3 is 2.32 bits per heavy atom. The van der Waals surface area contributed by atoms with Crippen molar-refractivity contribution in [3.05, 3.63) is 64.6 Å². The maximum Gasteiger partial charge on any atom is 0.219 e. The summed E-state index contributed by atoms with van der Waals surface area (Å²) >= 11 is 0. The van der Waals surface area contributed by atoms with Crippen LogP contribution in [0.25, 0.3) is 0 Å². The maximum atomic E-state index is 13.6. The predicted octanol–water partition coefficient (Wildman–Crippen LogP) is 4.21. The van der Waals surface area contributed by atoms with Crippen molar-refractivity contribution in [3.8, 4) is 17.2 Å². The third kappa shape index (κ3) is 3.70. The summed E-state index contributed by atoms with van der Waals surface area (Å²) < 4.78 is 34.9. The number of Topliss-reactive ketones (excluding diaryl/α,β-unsaturated/α-hetero) is 1. The lowest BCUT2D eigenvalue weighted by molar-refractivity contribution is -0.116. The smallest absolute Gasteiger partial charge is 0.219 e. The number of anilines is 2. The molecule has 0 amide bonds. The fourth-order valence-electron chi connectivity index (χ4n) is 4.58. The molecule has 10 heteroatoms. The van der Waals surface area contributed by atoms with Crippen molar-refractivity contribution in [1.82, 2.24) is 10.3 Å². The Morgan fingerprint density at radius 2 is 1.62 bits per heavy atom. The van der Waals surface area contributed by atoms with Crippen LogP contribution in [0.4, 0.5) is 16.0 Å².